The quantitative estimate of drug-likeness (QED) is 0.298. The maximum Gasteiger partial charge on any atom is 0.192 e. The van der Waals surface area contributed by atoms with Crippen LogP contribution in [0.15, 0.2) is 53.7 Å². The Bertz CT molecular complexity index is 1050. The first-order valence-corrected chi connectivity index (χ1v) is 12.2. The molecule has 4 rings (SSSR count). The van der Waals surface area contributed by atoms with Crippen molar-refractivity contribution in [3.05, 3.63) is 64.7 Å². The molecular formula is C25H28ClN3OS. The van der Waals surface area contributed by atoms with Crippen molar-refractivity contribution in [2.75, 3.05) is 5.75 Å². The first-order chi connectivity index (χ1) is 14.8. The predicted octanol–water partition coefficient (Wildman–Crippen LogP) is 6.99. The van der Waals surface area contributed by atoms with Crippen molar-refractivity contribution in [2.45, 2.75) is 63.1 Å². The summed E-state index contributed by atoms with van der Waals surface area (Å²) in [6, 6.07) is 16.1. The first kappa shape index (κ1) is 22.1. The number of halogens is 1. The van der Waals surface area contributed by atoms with Gasteiger partial charge in [-0.2, -0.15) is 0 Å². The Kier molecular flexibility index (Phi) is 6.54. The Morgan fingerprint density at radius 2 is 1.68 bits per heavy atom. The van der Waals surface area contributed by atoms with Crippen molar-refractivity contribution in [2.24, 2.45) is 0 Å². The van der Waals surface area contributed by atoms with Crippen LogP contribution in [-0.4, -0.2) is 26.3 Å². The summed E-state index contributed by atoms with van der Waals surface area (Å²) in [6.45, 7) is 6.65. The van der Waals surface area contributed by atoms with Crippen molar-refractivity contribution in [1.82, 2.24) is 14.8 Å². The third-order valence-corrected chi connectivity index (χ3v) is 7.06. The highest BCUT2D eigenvalue weighted by Crippen LogP contribution is 2.37. The Labute approximate surface area is 193 Å². The molecule has 1 heterocycles. The van der Waals surface area contributed by atoms with Gasteiger partial charge in [0.1, 0.15) is 0 Å². The van der Waals surface area contributed by atoms with Gasteiger partial charge in [-0.15, -0.1) is 10.2 Å². The average molecular weight is 454 g/mol. The van der Waals surface area contributed by atoms with Crippen molar-refractivity contribution < 1.29 is 4.79 Å². The van der Waals surface area contributed by atoms with Crippen molar-refractivity contribution in [1.29, 1.82) is 0 Å². The van der Waals surface area contributed by atoms with Gasteiger partial charge in [-0.25, -0.2) is 0 Å². The molecule has 0 amide bonds. The highest BCUT2D eigenvalue weighted by molar-refractivity contribution is 7.99. The summed E-state index contributed by atoms with van der Waals surface area (Å²) in [4.78, 5) is 12.6. The van der Waals surface area contributed by atoms with Gasteiger partial charge < -0.3 is 0 Å². The van der Waals surface area contributed by atoms with E-state index >= 15 is 0 Å². The second-order valence-electron chi connectivity index (χ2n) is 9.16. The van der Waals surface area contributed by atoms with Gasteiger partial charge in [0.05, 0.1) is 5.75 Å². The highest BCUT2D eigenvalue weighted by Gasteiger charge is 2.25. The topological polar surface area (TPSA) is 47.8 Å². The van der Waals surface area contributed by atoms with E-state index in [1.54, 1.807) is 24.3 Å². The number of carbonyl (C=O) groups excluding carboxylic acids is 1. The van der Waals surface area contributed by atoms with Gasteiger partial charge in [0.25, 0.3) is 0 Å². The van der Waals surface area contributed by atoms with Crippen LogP contribution < -0.4 is 0 Å². The van der Waals surface area contributed by atoms with E-state index in [1.165, 1.54) is 30.2 Å². The van der Waals surface area contributed by atoms with E-state index < -0.39 is 0 Å². The zero-order chi connectivity index (χ0) is 22.0. The third kappa shape index (κ3) is 5.04. The lowest BCUT2D eigenvalue weighted by Crippen LogP contribution is -2.11. The summed E-state index contributed by atoms with van der Waals surface area (Å²) in [5.74, 6) is 1.29. The second kappa shape index (κ2) is 9.17. The molecule has 6 heteroatoms. The maximum atomic E-state index is 12.6. The van der Waals surface area contributed by atoms with Crippen LogP contribution >= 0.6 is 23.4 Å². The average Bonchev–Trinajstić information content (AvgIpc) is 3.41. The van der Waals surface area contributed by atoms with Crippen LogP contribution in [0.25, 0.3) is 11.4 Å². The first-order valence-electron chi connectivity index (χ1n) is 10.8. The van der Waals surface area contributed by atoms with E-state index in [1.807, 2.05) is 0 Å². The molecule has 162 valence electrons. The molecule has 0 saturated heterocycles. The van der Waals surface area contributed by atoms with Gasteiger partial charge >= 0.3 is 0 Å². The molecule has 1 fully saturated rings. The second-order valence-corrected chi connectivity index (χ2v) is 10.5. The lowest BCUT2D eigenvalue weighted by molar-refractivity contribution is 0.102. The Balaban J connectivity index is 1.59. The summed E-state index contributed by atoms with van der Waals surface area (Å²) in [5, 5.41) is 10.5. The fraction of sp³-hybridized carbons (Fsp3) is 0.400. The van der Waals surface area contributed by atoms with Crippen LogP contribution in [0, 0.1) is 0 Å². The zero-order valence-corrected chi connectivity index (χ0v) is 19.8. The van der Waals surface area contributed by atoms with Crippen LogP contribution in [0.4, 0.5) is 0 Å². The molecule has 2 aromatic carbocycles. The van der Waals surface area contributed by atoms with Crippen molar-refractivity contribution >= 4 is 29.1 Å². The van der Waals surface area contributed by atoms with Gasteiger partial charge in [-0.3, -0.25) is 9.36 Å². The molecule has 1 aliphatic rings. The number of Topliss-reactive ketones (excluding diaryl/α,β-unsaturated/α-hetero) is 1. The fourth-order valence-electron chi connectivity index (χ4n) is 4.03. The highest BCUT2D eigenvalue weighted by atomic mass is 35.5. The number of ketones is 1. The normalized spacial score (nSPS) is 14.8. The minimum atomic E-state index is 0.0683. The van der Waals surface area contributed by atoms with Crippen LogP contribution in [0.3, 0.4) is 0 Å². The van der Waals surface area contributed by atoms with E-state index in [0.29, 0.717) is 22.4 Å². The van der Waals surface area contributed by atoms with Gasteiger partial charge in [-0.1, -0.05) is 81.2 Å². The molecule has 1 aliphatic carbocycles. The molecule has 1 aromatic heterocycles. The largest absolute Gasteiger partial charge is 0.299 e. The molecule has 1 saturated carbocycles. The van der Waals surface area contributed by atoms with E-state index in [2.05, 4.69) is 59.8 Å². The van der Waals surface area contributed by atoms with Crippen LogP contribution in [-0.2, 0) is 5.41 Å². The minimum Gasteiger partial charge on any atom is -0.299 e. The number of hydrogen-bond acceptors (Lipinski definition) is 4. The number of rotatable bonds is 6. The summed E-state index contributed by atoms with van der Waals surface area (Å²) in [5.41, 5.74) is 3.15. The van der Waals surface area contributed by atoms with E-state index in [0.717, 1.165) is 29.4 Å². The van der Waals surface area contributed by atoms with Gasteiger partial charge in [0.2, 0.25) is 0 Å². The fourth-order valence-corrected chi connectivity index (χ4v) is 5.06. The molecule has 31 heavy (non-hydrogen) atoms. The lowest BCUT2D eigenvalue weighted by atomic mass is 9.86. The van der Waals surface area contributed by atoms with E-state index in [-0.39, 0.29) is 11.2 Å². The molecule has 0 unspecified atom stereocenters. The zero-order valence-electron chi connectivity index (χ0n) is 18.3. The number of hydrogen-bond donors (Lipinski definition) is 0. The number of benzene rings is 2. The SMILES string of the molecule is CC(C)(C)c1ccc(-c2nnc(SCC(=O)c3ccc(Cl)cc3)n2C2CCCC2)cc1. The summed E-state index contributed by atoms with van der Waals surface area (Å²) in [7, 11) is 0. The minimum absolute atomic E-state index is 0.0683. The maximum absolute atomic E-state index is 12.6. The molecule has 0 bridgehead atoms. The van der Waals surface area contributed by atoms with Gasteiger partial charge in [0.15, 0.2) is 16.8 Å². The van der Waals surface area contributed by atoms with Crippen LogP contribution in [0.5, 0.6) is 0 Å². The van der Waals surface area contributed by atoms with Crippen LogP contribution in [0.2, 0.25) is 5.02 Å². The predicted molar refractivity (Wildman–Crippen MR) is 128 cm³/mol. The molecular weight excluding hydrogens is 426 g/mol. The van der Waals surface area contributed by atoms with Crippen LogP contribution in [0.1, 0.15) is 68.4 Å². The Morgan fingerprint density at radius 3 is 2.29 bits per heavy atom. The van der Waals surface area contributed by atoms with Gasteiger partial charge in [-0.05, 0) is 48.1 Å². The van der Waals surface area contributed by atoms with Crippen molar-refractivity contribution in [3.8, 4) is 11.4 Å². The summed E-state index contributed by atoms with van der Waals surface area (Å²) >= 11 is 7.41. The standard InChI is InChI=1S/C25H28ClN3OS/c1-25(2,3)19-12-8-18(9-13-19)23-27-28-24(29(23)21-6-4-5-7-21)31-16-22(30)17-10-14-20(26)15-11-17/h8-15,21H,4-7,16H2,1-3H3. The molecule has 0 aliphatic heterocycles. The number of nitrogens with zero attached hydrogens (tertiary/aromatic N) is 3. The summed E-state index contributed by atoms with van der Waals surface area (Å²) < 4.78 is 2.26. The van der Waals surface area contributed by atoms with Crippen molar-refractivity contribution in [3.63, 3.8) is 0 Å². The molecule has 0 radical (unpaired) electrons. The molecule has 4 nitrogen and oxygen atoms in total. The molecule has 0 atom stereocenters. The number of aromatic nitrogens is 3. The Morgan fingerprint density at radius 1 is 1.03 bits per heavy atom. The third-order valence-electron chi connectivity index (χ3n) is 5.86. The molecule has 0 spiro atoms. The molecule has 0 N–H and O–H groups in total. The van der Waals surface area contributed by atoms with E-state index in [9.17, 15) is 4.79 Å². The number of thioether (sulfide) groups is 1. The summed E-state index contributed by atoms with van der Waals surface area (Å²) in [6.07, 6.45) is 4.70. The Hall–Kier alpha value is -2.11. The van der Waals surface area contributed by atoms with E-state index in [4.69, 9.17) is 11.6 Å². The number of carbonyl (C=O) groups is 1. The monoisotopic (exact) mass is 453 g/mol. The van der Waals surface area contributed by atoms with Gasteiger partial charge in [0, 0.05) is 22.2 Å². The smallest absolute Gasteiger partial charge is 0.192 e. The molecule has 3 aromatic rings. The lowest BCUT2D eigenvalue weighted by Gasteiger charge is -2.20.